The van der Waals surface area contributed by atoms with Gasteiger partial charge in [0, 0.05) is 18.1 Å². The van der Waals surface area contributed by atoms with Gasteiger partial charge in [0.25, 0.3) is 0 Å². The zero-order valence-electron chi connectivity index (χ0n) is 12.2. The number of phenols is 1. The van der Waals surface area contributed by atoms with Crippen molar-refractivity contribution in [2.45, 2.75) is 26.2 Å². The first kappa shape index (κ1) is 16.8. The highest BCUT2D eigenvalue weighted by Crippen LogP contribution is 2.19. The Balaban J connectivity index is 0.000000204. The minimum atomic E-state index is 0.214. The normalized spacial score (nSPS) is 14.4. The lowest BCUT2D eigenvalue weighted by Crippen LogP contribution is -2.40. The van der Waals surface area contributed by atoms with Gasteiger partial charge in [0.15, 0.2) is 0 Å². The fraction of sp³-hybridized carbons (Fsp3) is 0.533. The van der Waals surface area contributed by atoms with Crippen LogP contribution in [-0.4, -0.2) is 42.6 Å². The summed E-state index contributed by atoms with van der Waals surface area (Å²) in [6.07, 6.45) is 3.63. The number of aromatic hydroxyl groups is 1. The van der Waals surface area contributed by atoms with Gasteiger partial charge in [0.05, 0.1) is 6.54 Å². The molecular weight excluding hydrogens is 276 g/mol. The summed E-state index contributed by atoms with van der Waals surface area (Å²) in [6, 6.07) is 4.91. The Morgan fingerprint density at radius 1 is 1.35 bits per heavy atom. The van der Waals surface area contributed by atoms with Crippen molar-refractivity contribution in [3.63, 3.8) is 0 Å². The van der Waals surface area contributed by atoms with Gasteiger partial charge in [-0.25, -0.2) is 0 Å². The number of hydrogen-bond acceptors (Lipinski definition) is 3. The number of piperidine rings is 1. The number of carbonyl (C=O) groups is 1. The number of halogens is 1. The molecule has 1 heterocycles. The lowest BCUT2D eigenvalue weighted by molar-refractivity contribution is -0.131. The van der Waals surface area contributed by atoms with Crippen molar-refractivity contribution >= 4 is 17.5 Å². The van der Waals surface area contributed by atoms with Crippen LogP contribution in [0.25, 0.3) is 0 Å². The Labute approximate surface area is 125 Å². The van der Waals surface area contributed by atoms with Gasteiger partial charge in [-0.05, 0) is 50.9 Å². The molecule has 0 atom stereocenters. The molecule has 4 nitrogen and oxygen atoms in total. The van der Waals surface area contributed by atoms with E-state index in [1.807, 2.05) is 18.9 Å². The van der Waals surface area contributed by atoms with E-state index in [4.69, 9.17) is 16.7 Å². The summed E-state index contributed by atoms with van der Waals surface area (Å²) in [5.74, 6) is 0.456. The maximum absolute atomic E-state index is 11.3. The van der Waals surface area contributed by atoms with Crippen LogP contribution in [-0.2, 0) is 4.79 Å². The number of rotatable bonds is 2. The quantitative estimate of drug-likeness (QED) is 0.882. The number of carbonyl (C=O) groups excluding carboxylic acids is 1. The third-order valence-corrected chi connectivity index (χ3v) is 3.60. The van der Waals surface area contributed by atoms with E-state index >= 15 is 0 Å². The molecule has 1 saturated heterocycles. The lowest BCUT2D eigenvalue weighted by Gasteiger charge is -2.26. The molecule has 1 amide bonds. The molecule has 20 heavy (non-hydrogen) atoms. The fourth-order valence-corrected chi connectivity index (χ4v) is 2.16. The maximum atomic E-state index is 11.3. The largest absolute Gasteiger partial charge is 0.508 e. The average Bonchev–Trinajstić information content (AvgIpc) is 2.45. The van der Waals surface area contributed by atoms with Crippen LogP contribution < -0.4 is 5.32 Å². The zero-order valence-corrected chi connectivity index (χ0v) is 12.9. The minimum absolute atomic E-state index is 0.214. The number of nitrogens with one attached hydrogen (secondary N) is 1. The van der Waals surface area contributed by atoms with E-state index in [0.717, 1.165) is 18.7 Å². The van der Waals surface area contributed by atoms with Gasteiger partial charge in [0.1, 0.15) is 5.75 Å². The molecule has 0 aliphatic carbocycles. The number of hydrogen-bond donors (Lipinski definition) is 2. The molecule has 1 aliphatic rings. The third kappa shape index (κ3) is 5.80. The molecule has 0 unspecified atom stereocenters. The van der Waals surface area contributed by atoms with E-state index in [1.54, 1.807) is 12.1 Å². The number of aryl methyl sites for hydroxylation is 1. The summed E-state index contributed by atoms with van der Waals surface area (Å²) in [5, 5.41) is 12.3. The van der Waals surface area contributed by atoms with Gasteiger partial charge in [-0.1, -0.05) is 17.7 Å². The van der Waals surface area contributed by atoms with Crippen molar-refractivity contribution in [2.24, 2.45) is 0 Å². The molecule has 1 fully saturated rings. The van der Waals surface area contributed by atoms with Gasteiger partial charge in [0.2, 0.25) is 5.91 Å². The lowest BCUT2D eigenvalue weighted by atomic mass is 10.1. The number of phenolic OH excluding ortho intramolecular Hbond substituents is 1. The second-order valence-corrected chi connectivity index (χ2v) is 5.31. The number of benzene rings is 1. The second kappa shape index (κ2) is 8.82. The molecule has 0 aromatic heterocycles. The molecule has 1 aliphatic heterocycles. The van der Waals surface area contributed by atoms with Gasteiger partial charge < -0.3 is 15.3 Å². The Morgan fingerprint density at radius 2 is 2.00 bits per heavy atom. The van der Waals surface area contributed by atoms with E-state index in [2.05, 4.69) is 5.32 Å². The molecule has 5 heteroatoms. The third-order valence-electron chi connectivity index (χ3n) is 3.19. The van der Waals surface area contributed by atoms with Crippen LogP contribution in [0.3, 0.4) is 0 Å². The molecule has 0 radical (unpaired) electrons. The van der Waals surface area contributed by atoms with E-state index in [1.165, 1.54) is 25.3 Å². The van der Waals surface area contributed by atoms with Crippen LogP contribution in [0, 0.1) is 6.92 Å². The summed E-state index contributed by atoms with van der Waals surface area (Å²) in [7, 11) is 1.81. The number of nitrogens with zero attached hydrogens (tertiary/aromatic N) is 1. The van der Waals surface area contributed by atoms with Crippen LogP contribution in [0.5, 0.6) is 5.75 Å². The first-order valence-corrected chi connectivity index (χ1v) is 7.30. The van der Waals surface area contributed by atoms with Crippen molar-refractivity contribution < 1.29 is 9.90 Å². The van der Waals surface area contributed by atoms with E-state index in [0.29, 0.717) is 11.6 Å². The van der Waals surface area contributed by atoms with E-state index in [9.17, 15) is 4.79 Å². The topological polar surface area (TPSA) is 52.6 Å². The first-order chi connectivity index (χ1) is 9.54. The standard InChI is InChI=1S/C8H16N2O.C7H7ClO/c1-9-7-8(11)10-5-3-2-4-6-10;1-5-2-3-6(9)4-7(5)8/h9H,2-7H2,1H3;2-4,9H,1H3. The van der Waals surface area contributed by atoms with Crippen molar-refractivity contribution in [2.75, 3.05) is 26.7 Å². The molecule has 112 valence electrons. The number of amides is 1. The zero-order chi connectivity index (χ0) is 15.0. The van der Waals surface area contributed by atoms with E-state index in [-0.39, 0.29) is 11.7 Å². The maximum Gasteiger partial charge on any atom is 0.236 e. The van der Waals surface area contributed by atoms with Crippen LogP contribution in [0.15, 0.2) is 18.2 Å². The van der Waals surface area contributed by atoms with E-state index < -0.39 is 0 Å². The number of likely N-dealkylation sites (N-methyl/N-ethyl adjacent to an activating group) is 1. The molecule has 2 N–H and O–H groups in total. The summed E-state index contributed by atoms with van der Waals surface area (Å²) in [5.41, 5.74) is 0.981. The fourth-order valence-electron chi connectivity index (χ4n) is 1.99. The highest BCUT2D eigenvalue weighted by Gasteiger charge is 2.14. The summed E-state index contributed by atoms with van der Waals surface area (Å²) < 4.78 is 0. The van der Waals surface area contributed by atoms with Crippen molar-refractivity contribution in [1.82, 2.24) is 10.2 Å². The first-order valence-electron chi connectivity index (χ1n) is 6.92. The van der Waals surface area contributed by atoms with Crippen LogP contribution in [0.1, 0.15) is 24.8 Å². The molecule has 2 rings (SSSR count). The van der Waals surface area contributed by atoms with Gasteiger partial charge >= 0.3 is 0 Å². The molecule has 0 spiro atoms. The SMILES string of the molecule is CNCC(=O)N1CCCCC1.Cc1ccc(O)cc1Cl. The van der Waals surface area contributed by atoms with Crippen LogP contribution >= 0.6 is 11.6 Å². The molecule has 0 bridgehead atoms. The highest BCUT2D eigenvalue weighted by atomic mass is 35.5. The predicted molar refractivity (Wildman–Crippen MR) is 82.2 cm³/mol. The molecule has 1 aromatic rings. The Hall–Kier alpha value is -1.26. The predicted octanol–water partition coefficient (Wildman–Crippen LogP) is 2.57. The molecular formula is C15H23ClN2O2. The Bertz CT molecular complexity index is 432. The smallest absolute Gasteiger partial charge is 0.236 e. The van der Waals surface area contributed by atoms with Crippen molar-refractivity contribution in [3.8, 4) is 5.75 Å². The Morgan fingerprint density at radius 3 is 2.50 bits per heavy atom. The van der Waals surface area contributed by atoms with Crippen molar-refractivity contribution in [3.05, 3.63) is 28.8 Å². The minimum Gasteiger partial charge on any atom is -0.508 e. The molecule has 1 aromatic carbocycles. The number of likely N-dealkylation sites (tertiary alicyclic amines) is 1. The van der Waals surface area contributed by atoms with Crippen LogP contribution in [0.2, 0.25) is 5.02 Å². The van der Waals surface area contributed by atoms with Crippen LogP contribution in [0.4, 0.5) is 0 Å². The monoisotopic (exact) mass is 298 g/mol. The second-order valence-electron chi connectivity index (χ2n) is 4.91. The average molecular weight is 299 g/mol. The van der Waals surface area contributed by atoms with Gasteiger partial charge in [-0.3, -0.25) is 4.79 Å². The highest BCUT2D eigenvalue weighted by molar-refractivity contribution is 6.31. The summed E-state index contributed by atoms with van der Waals surface area (Å²) in [6.45, 7) is 4.29. The summed E-state index contributed by atoms with van der Waals surface area (Å²) in [4.78, 5) is 13.2. The van der Waals surface area contributed by atoms with Gasteiger partial charge in [-0.2, -0.15) is 0 Å². The Kier molecular flexibility index (Phi) is 7.41. The molecule has 0 saturated carbocycles. The van der Waals surface area contributed by atoms with Gasteiger partial charge in [-0.15, -0.1) is 0 Å². The van der Waals surface area contributed by atoms with Crippen molar-refractivity contribution in [1.29, 1.82) is 0 Å². The summed E-state index contributed by atoms with van der Waals surface area (Å²) >= 11 is 5.65.